The highest BCUT2D eigenvalue weighted by atomic mass is 16.2. The molecule has 1 aliphatic carbocycles. The SMILES string of the molecule is CCC(CC)CN(CC)C(=O)CC1(N)CCCCC1. The molecule has 0 aromatic rings. The molecule has 3 heteroatoms. The van der Waals surface area contributed by atoms with E-state index in [0.717, 1.165) is 38.8 Å². The molecule has 3 nitrogen and oxygen atoms in total. The van der Waals surface area contributed by atoms with Crippen molar-refractivity contribution in [3.8, 4) is 0 Å². The van der Waals surface area contributed by atoms with E-state index < -0.39 is 0 Å². The maximum atomic E-state index is 12.5. The third-order valence-corrected chi connectivity index (χ3v) is 4.72. The van der Waals surface area contributed by atoms with Gasteiger partial charge in [0, 0.05) is 25.0 Å². The third kappa shape index (κ3) is 5.13. The van der Waals surface area contributed by atoms with Crippen molar-refractivity contribution in [2.24, 2.45) is 11.7 Å². The molecule has 1 aliphatic rings. The van der Waals surface area contributed by atoms with E-state index in [2.05, 4.69) is 20.8 Å². The number of carbonyl (C=O) groups is 1. The lowest BCUT2D eigenvalue weighted by molar-refractivity contribution is -0.133. The molecule has 1 fully saturated rings. The molecule has 2 N–H and O–H groups in total. The second-order valence-corrected chi connectivity index (χ2v) is 6.21. The van der Waals surface area contributed by atoms with Crippen LogP contribution in [-0.4, -0.2) is 29.4 Å². The lowest BCUT2D eigenvalue weighted by atomic mass is 9.80. The highest BCUT2D eigenvalue weighted by Crippen LogP contribution is 2.29. The largest absolute Gasteiger partial charge is 0.343 e. The second-order valence-electron chi connectivity index (χ2n) is 6.21. The van der Waals surface area contributed by atoms with E-state index in [1.807, 2.05) is 4.90 Å². The molecule has 0 saturated heterocycles. The lowest BCUT2D eigenvalue weighted by Crippen LogP contribution is -2.47. The summed E-state index contributed by atoms with van der Waals surface area (Å²) in [5.41, 5.74) is 6.18. The molecule has 0 aromatic carbocycles. The average molecular weight is 268 g/mol. The van der Waals surface area contributed by atoms with E-state index in [1.54, 1.807) is 0 Å². The molecule has 0 aromatic heterocycles. The Balaban J connectivity index is 2.53. The fraction of sp³-hybridized carbons (Fsp3) is 0.938. The van der Waals surface area contributed by atoms with E-state index in [4.69, 9.17) is 5.73 Å². The van der Waals surface area contributed by atoms with Crippen LogP contribution < -0.4 is 5.73 Å². The van der Waals surface area contributed by atoms with Crippen molar-refractivity contribution in [1.29, 1.82) is 0 Å². The summed E-state index contributed by atoms with van der Waals surface area (Å²) >= 11 is 0. The van der Waals surface area contributed by atoms with Crippen molar-refractivity contribution in [2.45, 2.75) is 77.7 Å². The molecule has 0 spiro atoms. The fourth-order valence-electron chi connectivity index (χ4n) is 3.11. The first-order valence-corrected chi connectivity index (χ1v) is 8.11. The van der Waals surface area contributed by atoms with Gasteiger partial charge in [0.2, 0.25) is 5.91 Å². The van der Waals surface area contributed by atoms with Crippen molar-refractivity contribution in [2.75, 3.05) is 13.1 Å². The van der Waals surface area contributed by atoms with E-state index >= 15 is 0 Å². The van der Waals surface area contributed by atoms with Gasteiger partial charge in [-0.05, 0) is 25.7 Å². The van der Waals surface area contributed by atoms with Crippen LogP contribution in [0.25, 0.3) is 0 Å². The number of carbonyl (C=O) groups excluding carboxylic acids is 1. The molecule has 1 amide bonds. The highest BCUT2D eigenvalue weighted by Gasteiger charge is 2.31. The Labute approximate surface area is 118 Å². The number of rotatable bonds is 7. The van der Waals surface area contributed by atoms with Crippen LogP contribution >= 0.6 is 0 Å². The molecule has 0 unspecified atom stereocenters. The molecule has 19 heavy (non-hydrogen) atoms. The van der Waals surface area contributed by atoms with Gasteiger partial charge in [0.25, 0.3) is 0 Å². The second kappa shape index (κ2) is 7.88. The van der Waals surface area contributed by atoms with Crippen molar-refractivity contribution in [3.05, 3.63) is 0 Å². The Hall–Kier alpha value is -0.570. The summed E-state index contributed by atoms with van der Waals surface area (Å²) in [7, 11) is 0. The Morgan fingerprint density at radius 3 is 2.21 bits per heavy atom. The minimum Gasteiger partial charge on any atom is -0.343 e. The first-order valence-electron chi connectivity index (χ1n) is 8.11. The summed E-state index contributed by atoms with van der Waals surface area (Å²) in [6, 6.07) is 0. The predicted molar refractivity (Wildman–Crippen MR) is 80.9 cm³/mol. The summed E-state index contributed by atoms with van der Waals surface area (Å²) in [5, 5.41) is 0. The molecule has 0 atom stereocenters. The van der Waals surface area contributed by atoms with Gasteiger partial charge in [-0.2, -0.15) is 0 Å². The lowest BCUT2D eigenvalue weighted by Gasteiger charge is -2.35. The Morgan fingerprint density at radius 1 is 1.16 bits per heavy atom. The monoisotopic (exact) mass is 268 g/mol. The quantitative estimate of drug-likeness (QED) is 0.770. The van der Waals surface area contributed by atoms with E-state index in [0.29, 0.717) is 12.3 Å². The number of hydrogen-bond donors (Lipinski definition) is 1. The summed E-state index contributed by atoms with van der Waals surface area (Å²) in [6.45, 7) is 8.20. The van der Waals surface area contributed by atoms with Gasteiger partial charge in [-0.15, -0.1) is 0 Å². The zero-order valence-corrected chi connectivity index (χ0v) is 13.1. The molecule has 1 saturated carbocycles. The maximum Gasteiger partial charge on any atom is 0.224 e. The molecule has 112 valence electrons. The molecule has 0 aliphatic heterocycles. The zero-order chi connectivity index (χ0) is 14.3. The van der Waals surface area contributed by atoms with Gasteiger partial charge in [0.1, 0.15) is 0 Å². The van der Waals surface area contributed by atoms with Crippen LogP contribution in [-0.2, 0) is 4.79 Å². The molecule has 0 radical (unpaired) electrons. The van der Waals surface area contributed by atoms with Gasteiger partial charge < -0.3 is 10.6 Å². The van der Waals surface area contributed by atoms with Gasteiger partial charge in [-0.25, -0.2) is 0 Å². The molecule has 0 bridgehead atoms. The minimum atomic E-state index is -0.226. The highest BCUT2D eigenvalue weighted by molar-refractivity contribution is 5.77. The van der Waals surface area contributed by atoms with Crippen LogP contribution in [0.3, 0.4) is 0 Å². The van der Waals surface area contributed by atoms with Crippen molar-refractivity contribution in [3.63, 3.8) is 0 Å². The molecular formula is C16H32N2O. The summed E-state index contributed by atoms with van der Waals surface area (Å²) in [4.78, 5) is 14.5. The summed E-state index contributed by atoms with van der Waals surface area (Å²) < 4.78 is 0. The fourth-order valence-corrected chi connectivity index (χ4v) is 3.11. The van der Waals surface area contributed by atoms with E-state index in [1.165, 1.54) is 19.3 Å². The number of amides is 1. The van der Waals surface area contributed by atoms with Gasteiger partial charge in [-0.1, -0.05) is 46.0 Å². The number of hydrogen-bond acceptors (Lipinski definition) is 2. The number of nitrogens with two attached hydrogens (primary N) is 1. The first-order chi connectivity index (χ1) is 9.04. The van der Waals surface area contributed by atoms with E-state index in [9.17, 15) is 4.79 Å². The third-order valence-electron chi connectivity index (χ3n) is 4.72. The van der Waals surface area contributed by atoms with Crippen LogP contribution in [0.2, 0.25) is 0 Å². The first kappa shape index (κ1) is 16.5. The minimum absolute atomic E-state index is 0.226. The summed E-state index contributed by atoms with van der Waals surface area (Å²) in [6.07, 6.45) is 8.51. The Bertz CT molecular complexity index is 268. The molecule has 0 heterocycles. The summed E-state index contributed by atoms with van der Waals surface area (Å²) in [5.74, 6) is 0.891. The Kier molecular flexibility index (Phi) is 6.84. The van der Waals surface area contributed by atoms with Crippen LogP contribution in [0.15, 0.2) is 0 Å². The number of nitrogens with zero attached hydrogens (tertiary/aromatic N) is 1. The molecule has 1 rings (SSSR count). The van der Waals surface area contributed by atoms with E-state index in [-0.39, 0.29) is 11.4 Å². The standard InChI is InChI=1S/C16H32N2O/c1-4-14(5-2)13-18(6-3)15(19)12-16(17)10-8-7-9-11-16/h14H,4-13,17H2,1-3H3. The smallest absolute Gasteiger partial charge is 0.224 e. The van der Waals surface area contributed by atoms with Crippen LogP contribution in [0, 0.1) is 5.92 Å². The van der Waals surface area contributed by atoms with Crippen LogP contribution in [0.1, 0.15) is 72.1 Å². The van der Waals surface area contributed by atoms with Crippen LogP contribution in [0.5, 0.6) is 0 Å². The van der Waals surface area contributed by atoms with Gasteiger partial charge in [-0.3, -0.25) is 4.79 Å². The topological polar surface area (TPSA) is 46.3 Å². The van der Waals surface area contributed by atoms with Crippen molar-refractivity contribution < 1.29 is 4.79 Å². The zero-order valence-electron chi connectivity index (χ0n) is 13.1. The Morgan fingerprint density at radius 2 is 1.74 bits per heavy atom. The van der Waals surface area contributed by atoms with Crippen LogP contribution in [0.4, 0.5) is 0 Å². The average Bonchev–Trinajstić information content (AvgIpc) is 2.40. The van der Waals surface area contributed by atoms with Crippen molar-refractivity contribution >= 4 is 5.91 Å². The molecular weight excluding hydrogens is 236 g/mol. The van der Waals surface area contributed by atoms with Gasteiger partial charge in [0.15, 0.2) is 0 Å². The van der Waals surface area contributed by atoms with Crippen molar-refractivity contribution in [1.82, 2.24) is 4.90 Å². The van der Waals surface area contributed by atoms with Gasteiger partial charge >= 0.3 is 0 Å². The van der Waals surface area contributed by atoms with Gasteiger partial charge in [0.05, 0.1) is 0 Å². The maximum absolute atomic E-state index is 12.5. The predicted octanol–water partition coefficient (Wildman–Crippen LogP) is 3.32. The normalized spacial score (nSPS) is 18.6.